The van der Waals surface area contributed by atoms with Gasteiger partial charge in [0.2, 0.25) is 0 Å². The van der Waals surface area contributed by atoms with Crippen LogP contribution in [-0.4, -0.2) is 69.5 Å². The van der Waals surface area contributed by atoms with Crippen LogP contribution >= 0.6 is 0 Å². The Morgan fingerprint density at radius 1 is 0.490 bits per heavy atom. The largest absolute Gasteiger partial charge is 0.462 e. The molecule has 0 unspecified atom stereocenters. The molecule has 0 bridgehead atoms. The third kappa shape index (κ3) is 10.8. The molecule has 1 aromatic carbocycles. The average Bonchev–Trinajstić information content (AvgIpc) is 2.91. The molecule has 1 saturated carbocycles. The molecule has 9 nitrogen and oxygen atoms in total. The summed E-state index contributed by atoms with van der Waals surface area (Å²) in [7, 11) is 0. The first kappa shape index (κ1) is 39.7. The van der Waals surface area contributed by atoms with Gasteiger partial charge in [0.15, 0.2) is 0 Å². The highest BCUT2D eigenvalue weighted by Crippen LogP contribution is 2.39. The van der Waals surface area contributed by atoms with Gasteiger partial charge in [-0.2, -0.15) is 0 Å². The molecule has 1 aromatic rings. The Bertz CT molecular complexity index is 1350. The highest BCUT2D eigenvalue weighted by Gasteiger charge is 2.43. The third-order valence-corrected chi connectivity index (χ3v) is 11.2. The summed E-state index contributed by atoms with van der Waals surface area (Å²) in [4.78, 5) is 41.1. The number of carbonyl (C=O) groups is 3. The Morgan fingerprint density at radius 2 is 0.804 bits per heavy atom. The van der Waals surface area contributed by atoms with Gasteiger partial charge in [0.05, 0.1) is 17.0 Å². The molecule has 286 valence electrons. The third-order valence-electron chi connectivity index (χ3n) is 11.2. The van der Waals surface area contributed by atoms with Crippen LogP contribution in [0.3, 0.4) is 0 Å². The number of hydrogen-bond donors (Lipinski definition) is 3. The Balaban J connectivity index is 1.32. The van der Waals surface area contributed by atoms with Crippen LogP contribution in [-0.2, 0) is 19.0 Å². The monoisotopic (exact) mass is 710 g/mol. The van der Waals surface area contributed by atoms with Crippen molar-refractivity contribution in [3.05, 3.63) is 34.9 Å². The van der Waals surface area contributed by atoms with Gasteiger partial charge in [-0.25, -0.2) is 9.59 Å². The molecule has 3 aliphatic heterocycles. The van der Waals surface area contributed by atoms with E-state index in [1.54, 1.807) is 6.07 Å². The smallest absolute Gasteiger partial charge is 0.338 e. The molecule has 4 fully saturated rings. The van der Waals surface area contributed by atoms with Crippen LogP contribution < -0.4 is 16.0 Å². The molecule has 1 aliphatic carbocycles. The number of esters is 3. The van der Waals surface area contributed by atoms with Crippen molar-refractivity contribution in [2.75, 3.05) is 0 Å². The highest BCUT2D eigenvalue weighted by molar-refractivity contribution is 5.96. The summed E-state index contributed by atoms with van der Waals surface area (Å²) in [6.07, 6.45) is 6.71. The van der Waals surface area contributed by atoms with Gasteiger partial charge in [0.1, 0.15) is 18.3 Å². The second-order valence-corrected chi connectivity index (χ2v) is 20.4. The van der Waals surface area contributed by atoms with Crippen molar-refractivity contribution in [3.8, 4) is 0 Å². The number of nitrogens with one attached hydrogen (secondary N) is 3. The fourth-order valence-electron chi connectivity index (χ4n) is 10.4. The zero-order valence-electron chi connectivity index (χ0n) is 33.6. The van der Waals surface area contributed by atoms with Crippen molar-refractivity contribution in [2.24, 2.45) is 5.92 Å². The highest BCUT2D eigenvalue weighted by atomic mass is 16.6. The van der Waals surface area contributed by atoms with Gasteiger partial charge >= 0.3 is 17.9 Å². The van der Waals surface area contributed by atoms with Gasteiger partial charge in [-0.3, -0.25) is 4.79 Å². The number of hydrogen-bond acceptors (Lipinski definition) is 9. The van der Waals surface area contributed by atoms with Crippen molar-refractivity contribution in [3.63, 3.8) is 0 Å². The summed E-state index contributed by atoms with van der Waals surface area (Å²) in [6, 6.07) is 5.44. The van der Waals surface area contributed by atoms with Crippen LogP contribution in [0.4, 0.5) is 0 Å². The summed E-state index contributed by atoms with van der Waals surface area (Å²) in [5, 5.41) is 11.0. The quantitative estimate of drug-likeness (QED) is 0.193. The maximum atomic E-state index is 13.9. The Labute approximate surface area is 307 Å². The lowest BCUT2D eigenvalue weighted by molar-refractivity contribution is -0.159. The standard InChI is InChI=1S/C42H67N3O6/c1-37(2)20-31(21-38(3,4)43-37)49-34(46)27-15-13-26(14-16-27)28-17-29(35(47)50-32-22-39(5,6)44-40(7,8)23-32)19-30(18-28)36(48)51-33-24-41(9,10)45-42(11,12)25-33/h17-19,26-27,31-33,43-45H,13-16,20-25H2,1-12H3. The van der Waals surface area contributed by atoms with E-state index in [1.807, 2.05) is 12.1 Å². The summed E-state index contributed by atoms with van der Waals surface area (Å²) in [6.45, 7) is 25.7. The number of piperidine rings is 3. The molecule has 3 saturated heterocycles. The lowest BCUT2D eigenvalue weighted by atomic mass is 9.77. The molecule has 3 N–H and O–H groups in total. The molecule has 51 heavy (non-hydrogen) atoms. The van der Waals surface area contributed by atoms with Gasteiger partial charge in [-0.1, -0.05) is 0 Å². The van der Waals surface area contributed by atoms with Gasteiger partial charge in [0.25, 0.3) is 0 Å². The molecule has 0 radical (unpaired) electrons. The van der Waals surface area contributed by atoms with E-state index >= 15 is 0 Å². The zero-order chi connectivity index (χ0) is 37.8. The fraction of sp³-hybridized carbons (Fsp3) is 0.786. The number of ether oxygens (including phenoxy) is 3. The molecule has 9 heteroatoms. The van der Waals surface area contributed by atoms with Gasteiger partial charge in [-0.05, 0) is 138 Å². The van der Waals surface area contributed by atoms with E-state index in [4.69, 9.17) is 14.2 Å². The van der Waals surface area contributed by atoms with Crippen LogP contribution in [0.15, 0.2) is 18.2 Å². The van der Waals surface area contributed by atoms with Gasteiger partial charge in [0, 0.05) is 71.8 Å². The van der Waals surface area contributed by atoms with Crippen molar-refractivity contribution < 1.29 is 28.6 Å². The molecule has 3 heterocycles. The van der Waals surface area contributed by atoms with E-state index in [9.17, 15) is 14.4 Å². The summed E-state index contributed by atoms with van der Waals surface area (Å²) < 4.78 is 18.5. The van der Waals surface area contributed by atoms with Crippen LogP contribution in [0.1, 0.15) is 179 Å². The van der Waals surface area contributed by atoms with E-state index < -0.39 is 11.9 Å². The van der Waals surface area contributed by atoms with Crippen LogP contribution in [0.25, 0.3) is 0 Å². The van der Waals surface area contributed by atoms with Crippen molar-refractivity contribution >= 4 is 17.9 Å². The topological polar surface area (TPSA) is 115 Å². The molecule has 0 spiro atoms. The molecular formula is C42H67N3O6. The van der Waals surface area contributed by atoms with E-state index in [-0.39, 0.29) is 69.4 Å². The normalized spacial score (nSPS) is 28.7. The first-order valence-electron chi connectivity index (χ1n) is 19.4. The SMILES string of the molecule is CC1(C)CC(OC(=O)c2cc(C(=O)OC3CC(C)(C)NC(C)(C)C3)cc(C3CCC(C(=O)OC4CC(C)(C)NC(C)(C)C4)CC3)c2)CC(C)(C)N1. The fourth-order valence-corrected chi connectivity index (χ4v) is 10.4. The zero-order valence-corrected chi connectivity index (χ0v) is 33.6. The minimum Gasteiger partial charge on any atom is -0.462 e. The summed E-state index contributed by atoms with van der Waals surface area (Å²) in [5.41, 5.74) is 0.739. The number of rotatable bonds is 7. The molecule has 5 rings (SSSR count). The maximum absolute atomic E-state index is 13.9. The molecular weight excluding hydrogens is 642 g/mol. The van der Waals surface area contributed by atoms with Crippen LogP contribution in [0.5, 0.6) is 0 Å². The summed E-state index contributed by atoms with van der Waals surface area (Å²) >= 11 is 0. The molecule has 0 aromatic heterocycles. The van der Waals surface area contributed by atoms with E-state index in [2.05, 4.69) is 99.0 Å². The van der Waals surface area contributed by atoms with Crippen molar-refractivity contribution in [1.29, 1.82) is 0 Å². The van der Waals surface area contributed by atoms with E-state index in [0.717, 1.165) is 31.2 Å². The average molecular weight is 710 g/mol. The lowest BCUT2D eigenvalue weighted by Crippen LogP contribution is -2.59. The van der Waals surface area contributed by atoms with Crippen LogP contribution in [0, 0.1) is 5.92 Å². The number of carbonyl (C=O) groups excluding carboxylic acids is 3. The van der Waals surface area contributed by atoms with Crippen molar-refractivity contribution in [2.45, 2.75) is 205 Å². The Morgan fingerprint density at radius 3 is 1.14 bits per heavy atom. The van der Waals surface area contributed by atoms with E-state index in [0.29, 0.717) is 49.7 Å². The summed E-state index contributed by atoms with van der Waals surface area (Å²) in [5.74, 6) is -0.997. The van der Waals surface area contributed by atoms with Gasteiger partial charge in [-0.15, -0.1) is 0 Å². The molecule has 4 aliphatic rings. The lowest BCUT2D eigenvalue weighted by Gasteiger charge is -2.46. The first-order valence-corrected chi connectivity index (χ1v) is 19.4. The number of benzene rings is 1. The Kier molecular flexibility index (Phi) is 10.9. The minimum absolute atomic E-state index is 0.0959. The van der Waals surface area contributed by atoms with Crippen molar-refractivity contribution in [1.82, 2.24) is 16.0 Å². The maximum Gasteiger partial charge on any atom is 0.338 e. The van der Waals surface area contributed by atoms with Gasteiger partial charge < -0.3 is 30.2 Å². The molecule has 0 amide bonds. The second-order valence-electron chi connectivity index (χ2n) is 20.4. The second kappa shape index (κ2) is 14.1. The Hall–Kier alpha value is -2.49. The van der Waals surface area contributed by atoms with E-state index in [1.165, 1.54) is 0 Å². The predicted octanol–water partition coefficient (Wildman–Crippen LogP) is 7.74. The predicted molar refractivity (Wildman–Crippen MR) is 201 cm³/mol. The minimum atomic E-state index is -0.418. The van der Waals surface area contributed by atoms with Crippen LogP contribution in [0.2, 0.25) is 0 Å². The molecule has 0 atom stereocenters. The first-order chi connectivity index (χ1) is 23.3.